The first-order chi connectivity index (χ1) is 7.26. The summed E-state index contributed by atoms with van der Waals surface area (Å²) in [5.41, 5.74) is -0.0494. The zero-order valence-electron chi connectivity index (χ0n) is 8.55. The van der Waals surface area contributed by atoms with Crippen LogP contribution in [0.1, 0.15) is 0 Å². The maximum Gasteiger partial charge on any atom is 0.398 e. The van der Waals surface area contributed by atoms with Gasteiger partial charge in [-0.1, -0.05) is 18.2 Å². The van der Waals surface area contributed by atoms with Gasteiger partial charge in [-0.05, 0) is 0 Å². The van der Waals surface area contributed by atoms with Crippen LogP contribution in [-0.4, -0.2) is 25.5 Å². The highest BCUT2D eigenvalue weighted by Crippen LogP contribution is 2.17. The summed E-state index contributed by atoms with van der Waals surface area (Å²) >= 11 is 0. The molecular weight excluding hydrogens is 215 g/mol. The zero-order chi connectivity index (χ0) is 11.5. The monoisotopic (exact) mass is 230 g/mol. The quantitative estimate of drug-likeness (QED) is 0.443. The van der Waals surface area contributed by atoms with Crippen molar-refractivity contribution in [3.8, 4) is 0 Å². The van der Waals surface area contributed by atoms with Gasteiger partial charge in [-0.25, -0.2) is 0 Å². The highest BCUT2D eigenvalue weighted by molar-refractivity contribution is 7.45. The maximum atomic E-state index is 11.4. The molecule has 1 atom stereocenters. The van der Waals surface area contributed by atoms with Crippen LogP contribution >= 0.6 is 8.00 Å². The Morgan fingerprint density at radius 2 is 1.47 bits per heavy atom. The molecule has 84 valence electrons. The van der Waals surface area contributed by atoms with Crippen molar-refractivity contribution in [1.29, 1.82) is 0 Å². The normalized spacial score (nSPS) is 10.6. The van der Waals surface area contributed by atoms with E-state index in [9.17, 15) is 4.89 Å². The Morgan fingerprint density at radius 3 is 1.87 bits per heavy atom. The van der Waals surface area contributed by atoms with Crippen LogP contribution in [0.4, 0.5) is 0 Å². The lowest BCUT2D eigenvalue weighted by atomic mass is 10.7. The average Bonchev–Trinajstić information content (AvgIpc) is 2.26. The van der Waals surface area contributed by atoms with E-state index >= 15 is 0 Å². The molecule has 0 spiro atoms. The molecule has 5 heteroatoms. The van der Waals surface area contributed by atoms with Gasteiger partial charge in [-0.15, -0.1) is 19.7 Å². The molecule has 0 aliphatic carbocycles. The van der Waals surface area contributed by atoms with Gasteiger partial charge in [0.25, 0.3) is 8.00 Å². The standard InChI is InChI=1S/C10H15O4P/c1-4-7-12-10(13-8-5-2)15(11)14-9-6-3/h4-6H,1-3,7-9H2. The second-order valence-electron chi connectivity index (χ2n) is 2.31. The summed E-state index contributed by atoms with van der Waals surface area (Å²) in [6, 6.07) is 0. The predicted octanol–water partition coefficient (Wildman–Crippen LogP) is 1.35. The van der Waals surface area contributed by atoms with E-state index in [1.165, 1.54) is 18.2 Å². The molecule has 0 aromatic heterocycles. The van der Waals surface area contributed by atoms with Crippen LogP contribution in [0.15, 0.2) is 38.0 Å². The molecule has 0 saturated heterocycles. The van der Waals surface area contributed by atoms with Crippen LogP contribution in [0.2, 0.25) is 0 Å². The van der Waals surface area contributed by atoms with E-state index in [2.05, 4.69) is 19.7 Å². The van der Waals surface area contributed by atoms with Crippen molar-refractivity contribution in [2.24, 2.45) is 0 Å². The summed E-state index contributed by atoms with van der Waals surface area (Å²) in [4.78, 5) is 11.4. The van der Waals surface area contributed by atoms with Crippen LogP contribution in [0.5, 0.6) is 0 Å². The molecule has 1 unspecified atom stereocenters. The van der Waals surface area contributed by atoms with E-state index in [-0.39, 0.29) is 25.5 Å². The van der Waals surface area contributed by atoms with Gasteiger partial charge in [-0.3, -0.25) is 9.47 Å². The molecule has 0 N–H and O–H groups in total. The molecule has 0 bridgehead atoms. The lowest BCUT2D eigenvalue weighted by molar-refractivity contribution is -0.173. The molecule has 0 radical (unpaired) electrons. The molecule has 0 rings (SSSR count). The van der Waals surface area contributed by atoms with Crippen LogP contribution in [0, 0.1) is 0 Å². The van der Waals surface area contributed by atoms with Gasteiger partial charge < -0.3 is 4.89 Å². The third-order valence-electron chi connectivity index (χ3n) is 1.11. The zero-order valence-corrected chi connectivity index (χ0v) is 9.45. The van der Waals surface area contributed by atoms with Crippen molar-refractivity contribution < 1.29 is 18.9 Å². The van der Waals surface area contributed by atoms with E-state index in [4.69, 9.17) is 14.0 Å². The summed E-state index contributed by atoms with van der Waals surface area (Å²) in [6.07, 6.45) is 4.54. The third kappa shape index (κ3) is 7.19. The highest BCUT2D eigenvalue weighted by atomic mass is 31.1. The van der Waals surface area contributed by atoms with Gasteiger partial charge in [-0.2, -0.15) is 4.52 Å². The van der Waals surface area contributed by atoms with Crippen molar-refractivity contribution in [3.63, 3.8) is 0 Å². The molecule has 0 aromatic rings. The summed E-state index contributed by atoms with van der Waals surface area (Å²) < 4.78 is 15.0. The van der Waals surface area contributed by atoms with Crippen LogP contribution in [-0.2, 0) is 14.0 Å². The van der Waals surface area contributed by atoms with E-state index in [0.717, 1.165) is 0 Å². The van der Waals surface area contributed by atoms with Gasteiger partial charge in [0.15, 0.2) is 0 Å². The lowest BCUT2D eigenvalue weighted by Gasteiger charge is -2.04. The van der Waals surface area contributed by atoms with Crippen LogP contribution in [0.25, 0.3) is 0 Å². The van der Waals surface area contributed by atoms with Gasteiger partial charge in [0.2, 0.25) is 0 Å². The number of rotatable bonds is 9. The predicted molar refractivity (Wildman–Crippen MR) is 60.4 cm³/mol. The number of ether oxygens (including phenoxy) is 2. The largest absolute Gasteiger partial charge is 0.599 e. The molecule has 0 aliphatic heterocycles. The minimum atomic E-state index is -2.12. The second kappa shape index (κ2) is 9.77. The molecule has 0 fully saturated rings. The molecule has 15 heavy (non-hydrogen) atoms. The van der Waals surface area contributed by atoms with Crippen molar-refractivity contribution in [2.45, 2.75) is 0 Å². The van der Waals surface area contributed by atoms with Gasteiger partial charge in [0.05, 0.1) is 13.2 Å². The third-order valence-corrected chi connectivity index (χ3v) is 2.05. The minimum absolute atomic E-state index is 0.0494. The molecular formula is C10H15O4P. The van der Waals surface area contributed by atoms with Gasteiger partial charge >= 0.3 is 5.67 Å². The van der Waals surface area contributed by atoms with Crippen LogP contribution in [0.3, 0.4) is 0 Å². The SMILES string of the molecule is C=CCOC(OCC=C)=[P+]([O-])OCC=C. The van der Waals surface area contributed by atoms with Crippen molar-refractivity contribution >= 4 is 13.7 Å². The Morgan fingerprint density at radius 1 is 1.00 bits per heavy atom. The first kappa shape index (κ1) is 14.2. The molecule has 0 heterocycles. The van der Waals surface area contributed by atoms with Gasteiger partial charge in [0, 0.05) is 0 Å². The number of hydrogen-bond acceptors (Lipinski definition) is 4. The fourth-order valence-corrected chi connectivity index (χ4v) is 1.29. The van der Waals surface area contributed by atoms with Crippen LogP contribution < -0.4 is 4.89 Å². The van der Waals surface area contributed by atoms with E-state index < -0.39 is 8.00 Å². The van der Waals surface area contributed by atoms with Crippen molar-refractivity contribution in [3.05, 3.63) is 38.0 Å². The number of hydrogen-bond donors (Lipinski definition) is 0. The fraction of sp³-hybridized carbons (Fsp3) is 0.300. The first-order valence-corrected chi connectivity index (χ1v) is 5.49. The molecule has 0 saturated carbocycles. The van der Waals surface area contributed by atoms with E-state index in [1.54, 1.807) is 0 Å². The Hall–Kier alpha value is -0.770. The topological polar surface area (TPSA) is 50.8 Å². The average molecular weight is 230 g/mol. The summed E-state index contributed by atoms with van der Waals surface area (Å²) in [5.74, 6) is 0. The Bertz CT molecular complexity index is 234. The Labute approximate surface area is 91.0 Å². The van der Waals surface area contributed by atoms with Gasteiger partial charge in [0.1, 0.15) is 6.61 Å². The maximum absolute atomic E-state index is 11.4. The molecule has 4 nitrogen and oxygen atoms in total. The van der Waals surface area contributed by atoms with E-state index in [0.29, 0.717) is 0 Å². The first-order valence-electron chi connectivity index (χ1n) is 4.31. The van der Waals surface area contributed by atoms with Crippen molar-refractivity contribution in [1.82, 2.24) is 0 Å². The summed E-state index contributed by atoms with van der Waals surface area (Å²) in [6.45, 7) is 11.0. The highest BCUT2D eigenvalue weighted by Gasteiger charge is 2.13. The smallest absolute Gasteiger partial charge is 0.398 e. The molecule has 0 amide bonds. The van der Waals surface area contributed by atoms with Crippen molar-refractivity contribution in [2.75, 3.05) is 19.8 Å². The fourth-order valence-electron chi connectivity index (χ4n) is 0.581. The Kier molecular flexibility index (Phi) is 9.27. The lowest BCUT2D eigenvalue weighted by Crippen LogP contribution is -2.14. The molecule has 0 aromatic carbocycles. The minimum Gasteiger partial charge on any atom is -0.599 e. The Balaban J connectivity index is 4.32. The van der Waals surface area contributed by atoms with E-state index in [1.807, 2.05) is 0 Å². The summed E-state index contributed by atoms with van der Waals surface area (Å²) in [7, 11) is -2.12. The summed E-state index contributed by atoms with van der Waals surface area (Å²) in [5, 5.41) is 0. The second-order valence-corrected chi connectivity index (χ2v) is 3.44. The molecule has 0 aliphatic rings.